The fourth-order valence-electron chi connectivity index (χ4n) is 4.51. The normalized spacial score (nSPS) is 10.3. The third kappa shape index (κ3) is 7.24. The largest absolute Gasteiger partial charge is 0.361 e. The molecule has 0 unspecified atom stereocenters. The van der Waals surface area contributed by atoms with E-state index in [1.165, 1.54) is 43.0 Å². The molecule has 0 amide bonds. The monoisotopic (exact) mass is 650 g/mol. The van der Waals surface area contributed by atoms with Gasteiger partial charge in [-0.15, -0.1) is 0 Å². The van der Waals surface area contributed by atoms with Gasteiger partial charge in [-0.3, -0.25) is 40.5 Å². The summed E-state index contributed by atoms with van der Waals surface area (Å²) >= 11 is 0. The summed E-state index contributed by atoms with van der Waals surface area (Å²) in [6, 6.07) is 22.7. The molecule has 0 radical (unpaired) electrons. The maximum atomic E-state index is 10.5. The van der Waals surface area contributed by atoms with E-state index in [-0.39, 0.29) is 22.7 Å². The second-order valence-corrected chi connectivity index (χ2v) is 9.68. The zero-order chi connectivity index (χ0) is 34.2. The lowest BCUT2D eigenvalue weighted by molar-refractivity contribution is -0.384. The van der Waals surface area contributed by atoms with Crippen LogP contribution in [0.1, 0.15) is 0 Å². The number of H-pyrrole nitrogens is 4. The van der Waals surface area contributed by atoms with Gasteiger partial charge in [0.05, 0.1) is 48.9 Å². The van der Waals surface area contributed by atoms with Crippen molar-refractivity contribution in [2.24, 2.45) is 0 Å². The van der Waals surface area contributed by atoms with E-state index < -0.39 is 19.7 Å². The van der Waals surface area contributed by atoms with Crippen LogP contribution in [0.3, 0.4) is 0 Å². The fraction of sp³-hybridized carbons (Fsp3) is 0. The number of nitro benzene ring substituents is 4. The Balaban J connectivity index is 0.000000125. The van der Waals surface area contributed by atoms with Gasteiger partial charge in [0.2, 0.25) is 0 Å². The van der Waals surface area contributed by atoms with Crippen LogP contribution in [0.5, 0.6) is 0 Å². The maximum absolute atomic E-state index is 10.5. The fourth-order valence-corrected chi connectivity index (χ4v) is 4.51. The van der Waals surface area contributed by atoms with Crippen LogP contribution in [-0.4, -0.2) is 49.6 Å². The number of aromatic nitrogens is 6. The minimum atomic E-state index is -0.441. The number of fused-ring (bicyclic) bond motifs is 4. The van der Waals surface area contributed by atoms with E-state index in [4.69, 9.17) is 0 Å². The third-order valence-electron chi connectivity index (χ3n) is 6.75. The number of non-ortho nitro benzene ring substituents is 4. The van der Waals surface area contributed by atoms with Crippen LogP contribution in [0.15, 0.2) is 110 Å². The molecule has 18 heteroatoms. The summed E-state index contributed by atoms with van der Waals surface area (Å²) in [7, 11) is 0. The molecule has 0 atom stereocenters. The van der Waals surface area contributed by atoms with Crippen molar-refractivity contribution in [2.75, 3.05) is 0 Å². The van der Waals surface area contributed by atoms with Crippen LogP contribution < -0.4 is 0 Å². The van der Waals surface area contributed by atoms with Crippen molar-refractivity contribution >= 4 is 66.6 Å². The standard InChI is InChI=1S/2C8H6N2O2.2C7H5N3O2/c11-10(12)7-1-2-8-6(5-7)3-4-9-8;11-10(12)7-3-1-2-6-4-5-9-8(6)7;11-10(12)5-1-2-6-7(3-5)9-4-8-6;11-10(12)6-3-1-2-5-7(6)9-4-8-5/h2*1-5,9H;2*1-4H,(H,8,9). The van der Waals surface area contributed by atoms with Crippen molar-refractivity contribution in [2.45, 2.75) is 0 Å². The number of nitro groups is 4. The van der Waals surface area contributed by atoms with E-state index in [0.717, 1.165) is 21.8 Å². The first kappa shape index (κ1) is 31.9. The zero-order valence-corrected chi connectivity index (χ0v) is 24.3. The average molecular weight is 651 g/mol. The number of aromatic amines is 4. The molecular weight excluding hydrogens is 628 g/mol. The summed E-state index contributed by atoms with van der Waals surface area (Å²) < 4.78 is 0. The molecule has 8 aromatic rings. The van der Waals surface area contributed by atoms with Crippen LogP contribution in [0, 0.1) is 40.5 Å². The number of benzene rings is 4. The number of rotatable bonds is 4. The van der Waals surface area contributed by atoms with Gasteiger partial charge >= 0.3 is 0 Å². The summed E-state index contributed by atoms with van der Waals surface area (Å²) in [5, 5.41) is 43.4. The van der Waals surface area contributed by atoms with Gasteiger partial charge in [0.1, 0.15) is 5.52 Å². The summed E-state index contributed by atoms with van der Waals surface area (Å²) in [5.41, 5.74) is 4.37. The van der Waals surface area contributed by atoms with Crippen molar-refractivity contribution in [3.05, 3.63) is 150 Å². The van der Waals surface area contributed by atoms with Crippen LogP contribution in [0.25, 0.3) is 43.9 Å². The highest BCUT2D eigenvalue weighted by atomic mass is 16.6. The number of hydrogen-bond donors (Lipinski definition) is 4. The molecule has 0 aliphatic heterocycles. The van der Waals surface area contributed by atoms with E-state index in [2.05, 4.69) is 29.9 Å². The van der Waals surface area contributed by atoms with Gasteiger partial charge in [-0.25, -0.2) is 9.97 Å². The van der Waals surface area contributed by atoms with Crippen molar-refractivity contribution in [1.82, 2.24) is 29.9 Å². The van der Waals surface area contributed by atoms with E-state index in [1.54, 1.807) is 48.8 Å². The molecule has 240 valence electrons. The summed E-state index contributed by atoms with van der Waals surface area (Å²) in [6.45, 7) is 0. The maximum Gasteiger partial charge on any atom is 0.297 e. The molecule has 0 fully saturated rings. The van der Waals surface area contributed by atoms with E-state index in [9.17, 15) is 40.5 Å². The molecule has 0 saturated carbocycles. The third-order valence-corrected chi connectivity index (χ3v) is 6.75. The number of nitrogens with zero attached hydrogens (tertiary/aromatic N) is 6. The number of nitrogens with one attached hydrogen (secondary N) is 4. The number of hydrogen-bond acceptors (Lipinski definition) is 10. The minimum absolute atomic E-state index is 0.0359. The van der Waals surface area contributed by atoms with E-state index >= 15 is 0 Å². The first-order valence-electron chi connectivity index (χ1n) is 13.7. The Labute approximate surface area is 266 Å². The van der Waals surface area contributed by atoms with Gasteiger partial charge in [0, 0.05) is 65.1 Å². The highest BCUT2D eigenvalue weighted by Crippen LogP contribution is 2.23. The number of para-hydroxylation sites is 2. The predicted octanol–water partition coefficient (Wildman–Crippen LogP) is 7.09. The lowest BCUT2D eigenvalue weighted by Crippen LogP contribution is -1.88. The average Bonchev–Trinajstić information content (AvgIpc) is 3.90. The van der Waals surface area contributed by atoms with E-state index in [0.29, 0.717) is 22.1 Å². The van der Waals surface area contributed by atoms with Gasteiger partial charge < -0.3 is 19.9 Å². The molecule has 48 heavy (non-hydrogen) atoms. The lowest BCUT2D eigenvalue weighted by Gasteiger charge is -1.91. The van der Waals surface area contributed by atoms with Crippen molar-refractivity contribution < 1.29 is 19.7 Å². The summed E-state index contributed by atoms with van der Waals surface area (Å²) in [4.78, 5) is 59.2. The molecule has 0 aliphatic carbocycles. The Kier molecular flexibility index (Phi) is 9.36. The highest BCUT2D eigenvalue weighted by molar-refractivity contribution is 5.87. The van der Waals surface area contributed by atoms with Crippen molar-refractivity contribution in [3.63, 3.8) is 0 Å². The quantitative estimate of drug-likeness (QED) is 0.111. The Morgan fingerprint density at radius 2 is 1.12 bits per heavy atom. The predicted molar refractivity (Wildman–Crippen MR) is 175 cm³/mol. The van der Waals surface area contributed by atoms with Gasteiger partial charge in [-0.05, 0) is 30.3 Å². The highest BCUT2D eigenvalue weighted by Gasteiger charge is 2.12. The first-order chi connectivity index (χ1) is 23.1. The second-order valence-electron chi connectivity index (χ2n) is 9.68. The van der Waals surface area contributed by atoms with Crippen molar-refractivity contribution in [3.8, 4) is 0 Å². The summed E-state index contributed by atoms with van der Waals surface area (Å²) in [5.74, 6) is 0. The second kappa shape index (κ2) is 14.1. The van der Waals surface area contributed by atoms with Crippen LogP contribution in [0.4, 0.5) is 22.7 Å². The Morgan fingerprint density at radius 3 is 1.88 bits per heavy atom. The van der Waals surface area contributed by atoms with Gasteiger partial charge in [0.25, 0.3) is 22.7 Å². The molecule has 0 bridgehead atoms. The Hall–Kier alpha value is -7.50. The topological polar surface area (TPSA) is 262 Å². The molecule has 4 N–H and O–H groups in total. The molecule has 0 spiro atoms. The minimum Gasteiger partial charge on any atom is -0.361 e. The van der Waals surface area contributed by atoms with Crippen LogP contribution in [0.2, 0.25) is 0 Å². The molecule has 0 saturated heterocycles. The number of imidazole rings is 2. The van der Waals surface area contributed by atoms with Crippen LogP contribution >= 0.6 is 0 Å². The molecule has 0 aliphatic rings. The summed E-state index contributed by atoms with van der Waals surface area (Å²) in [6.07, 6.45) is 6.40. The van der Waals surface area contributed by atoms with Crippen molar-refractivity contribution in [1.29, 1.82) is 0 Å². The molecule has 18 nitrogen and oxygen atoms in total. The Bertz CT molecular complexity index is 2240. The van der Waals surface area contributed by atoms with E-state index in [1.807, 2.05) is 18.2 Å². The van der Waals surface area contributed by atoms with Gasteiger partial charge in [-0.2, -0.15) is 0 Å². The SMILES string of the molecule is O=[N+]([O-])c1ccc2[nH]ccc2c1.O=[N+]([O-])c1ccc2nc[nH]c2c1.O=[N+]([O-])c1cccc2[nH]cnc12.O=[N+]([O-])c1cccc2cc[nH]c12. The first-order valence-corrected chi connectivity index (χ1v) is 13.7. The molecule has 4 aromatic heterocycles. The molecule has 4 aromatic carbocycles. The lowest BCUT2D eigenvalue weighted by atomic mass is 10.2. The molecular formula is C30H22N10O8. The Morgan fingerprint density at radius 1 is 0.500 bits per heavy atom. The molecule has 8 rings (SSSR count). The smallest absolute Gasteiger partial charge is 0.297 e. The zero-order valence-electron chi connectivity index (χ0n) is 24.3. The van der Waals surface area contributed by atoms with Gasteiger partial charge in [-0.1, -0.05) is 18.2 Å². The van der Waals surface area contributed by atoms with Gasteiger partial charge in [0.15, 0.2) is 5.52 Å². The van der Waals surface area contributed by atoms with Crippen LogP contribution in [-0.2, 0) is 0 Å². The molecule has 4 heterocycles.